The third-order valence-electron chi connectivity index (χ3n) is 5.56. The van der Waals surface area contributed by atoms with Gasteiger partial charge in [-0.3, -0.25) is 0 Å². The zero-order valence-electron chi connectivity index (χ0n) is 12.6. The maximum atomic E-state index is 11.6. The molecule has 0 aromatic heterocycles. The van der Waals surface area contributed by atoms with E-state index >= 15 is 0 Å². The zero-order valence-corrected chi connectivity index (χ0v) is 14.9. The minimum absolute atomic E-state index is 0.0298. The monoisotopic (exact) mass is 385 g/mol. The Morgan fingerprint density at radius 3 is 2.63 bits per heavy atom. The van der Waals surface area contributed by atoms with Gasteiger partial charge in [0.2, 0.25) is 0 Å². The second-order valence-electron chi connectivity index (χ2n) is 6.74. The van der Waals surface area contributed by atoms with Crippen molar-refractivity contribution in [1.82, 2.24) is 0 Å². The number of esters is 1. The average molecular weight is 383 g/mol. The van der Waals surface area contributed by atoms with Crippen LogP contribution in [0.1, 0.15) is 40.0 Å². The molecule has 3 atom stereocenters. The number of rotatable bonds is 5. The van der Waals surface area contributed by atoms with Crippen molar-refractivity contribution in [3.8, 4) is 0 Å². The van der Waals surface area contributed by atoms with Crippen molar-refractivity contribution in [3.63, 3.8) is 0 Å². The van der Waals surface area contributed by atoms with Crippen molar-refractivity contribution >= 4 is 25.5 Å². The molecule has 2 aliphatic carbocycles. The van der Waals surface area contributed by atoms with E-state index in [4.69, 9.17) is 4.74 Å². The van der Waals surface area contributed by atoms with Gasteiger partial charge in [-0.1, -0.05) is 0 Å². The van der Waals surface area contributed by atoms with Crippen LogP contribution in [0.4, 0.5) is 0 Å². The maximum absolute atomic E-state index is 11.6. The van der Waals surface area contributed by atoms with Crippen LogP contribution in [-0.4, -0.2) is 43.3 Å². The van der Waals surface area contributed by atoms with E-state index in [1.54, 1.807) is 0 Å². The van der Waals surface area contributed by atoms with Gasteiger partial charge in [-0.15, -0.1) is 0 Å². The van der Waals surface area contributed by atoms with Crippen LogP contribution in [0.3, 0.4) is 0 Å². The number of fused-ring (bicyclic) bond motifs is 2. The number of hydrogen-bond donors (Lipinski definition) is 1. The van der Waals surface area contributed by atoms with Crippen LogP contribution < -0.4 is 0 Å². The van der Waals surface area contributed by atoms with Gasteiger partial charge in [0.05, 0.1) is 0 Å². The predicted molar refractivity (Wildman–Crippen MR) is 77.4 cm³/mol. The van der Waals surface area contributed by atoms with Crippen molar-refractivity contribution in [2.75, 3.05) is 6.61 Å². The number of ether oxygens (including phenoxy) is 1. The molecule has 4 heteroatoms. The molecule has 0 aromatic rings. The molecular weight excluding hydrogens is 356 g/mol. The molecule has 110 valence electrons. The Balaban J connectivity index is 2.03. The first-order valence-electron chi connectivity index (χ1n) is 7.26. The second kappa shape index (κ2) is 5.54. The van der Waals surface area contributed by atoms with Crippen LogP contribution in [-0.2, 0) is 9.53 Å². The van der Waals surface area contributed by atoms with Crippen LogP contribution in [0.15, 0.2) is 0 Å². The summed E-state index contributed by atoms with van der Waals surface area (Å²) in [7, 11) is 0. The predicted octanol–water partition coefficient (Wildman–Crippen LogP) is 2.86. The molecule has 2 rings (SSSR count). The molecule has 0 radical (unpaired) electrons. The van der Waals surface area contributed by atoms with Crippen LogP contribution in [0.25, 0.3) is 0 Å². The number of carbonyl (C=O) groups is 1. The molecule has 0 spiro atoms. The molecule has 3 nitrogen and oxygen atoms in total. The van der Waals surface area contributed by atoms with Crippen molar-refractivity contribution in [1.29, 1.82) is 0 Å². The Labute approximate surface area is 123 Å². The Morgan fingerprint density at radius 2 is 2.16 bits per heavy atom. The van der Waals surface area contributed by atoms with E-state index in [0.29, 0.717) is 17.0 Å². The number of aliphatic hydroxyl groups excluding tert-OH is 1. The van der Waals surface area contributed by atoms with E-state index in [0.717, 1.165) is 17.3 Å². The van der Waals surface area contributed by atoms with Gasteiger partial charge < -0.3 is 0 Å². The van der Waals surface area contributed by atoms with E-state index in [1.165, 1.54) is 6.42 Å². The van der Waals surface area contributed by atoms with Gasteiger partial charge in [-0.2, -0.15) is 0 Å². The van der Waals surface area contributed by atoms with E-state index < -0.39 is 19.6 Å². The minimum atomic E-state index is -1.48. The van der Waals surface area contributed by atoms with Gasteiger partial charge in [0, 0.05) is 0 Å². The van der Waals surface area contributed by atoms with Crippen LogP contribution >= 0.6 is 0 Å². The summed E-state index contributed by atoms with van der Waals surface area (Å²) < 4.78 is 6.83. The quantitative estimate of drug-likeness (QED) is 0.587. The van der Waals surface area contributed by atoms with Gasteiger partial charge in [-0.05, 0) is 0 Å². The third kappa shape index (κ3) is 2.57. The van der Waals surface area contributed by atoms with E-state index in [1.807, 2.05) is 6.92 Å². The van der Waals surface area contributed by atoms with Crippen LogP contribution in [0.5, 0.6) is 0 Å². The van der Waals surface area contributed by atoms with Crippen molar-refractivity contribution in [2.24, 2.45) is 16.7 Å². The molecule has 2 fully saturated rings. The second-order valence-corrected chi connectivity index (χ2v) is 12.8. The zero-order chi connectivity index (χ0) is 14.3. The molecule has 0 saturated heterocycles. The number of carbonyl (C=O) groups excluding carboxylic acids is 1. The topological polar surface area (TPSA) is 46.5 Å². The summed E-state index contributed by atoms with van der Waals surface area (Å²) in [5.74, 6) is 0.648. The standard InChI is InChI=1S/C15H27O3Te/c1-5-18-13(17)9-19(4)10-15-7-6-11(8-12(15)16)14(15,2)3/h11-12,16H,5-10H2,1-4H3/q+1. The molecule has 2 aliphatic rings. The Morgan fingerprint density at radius 1 is 1.47 bits per heavy atom. The fraction of sp³-hybridized carbons (Fsp3) is 0.933. The van der Waals surface area contributed by atoms with E-state index in [-0.39, 0.29) is 22.9 Å². The SMILES string of the molecule is CCOC(=O)C[Te+](C)CC12CCC(CC1O)C2(C)C. The fourth-order valence-corrected chi connectivity index (χ4v) is 10.5. The molecular formula is C15H27O3Te+. The third-order valence-corrected chi connectivity index (χ3v) is 10.5. The van der Waals surface area contributed by atoms with Gasteiger partial charge in [-0.25, -0.2) is 0 Å². The molecule has 1 N–H and O–H groups in total. The van der Waals surface area contributed by atoms with Gasteiger partial charge >= 0.3 is 124 Å². The normalized spacial score (nSPS) is 35.9. The van der Waals surface area contributed by atoms with Gasteiger partial charge in [0.15, 0.2) is 0 Å². The first kappa shape index (κ1) is 15.6. The number of aliphatic hydroxyl groups is 1. The molecule has 0 aromatic carbocycles. The average Bonchev–Trinajstić information content (AvgIpc) is 2.62. The molecule has 0 amide bonds. The summed E-state index contributed by atoms with van der Waals surface area (Å²) >= 11 is -1.48. The van der Waals surface area contributed by atoms with Crippen molar-refractivity contribution in [2.45, 2.75) is 60.0 Å². The van der Waals surface area contributed by atoms with E-state index in [2.05, 4.69) is 18.8 Å². The molecule has 0 heterocycles. The van der Waals surface area contributed by atoms with Gasteiger partial charge in [0.25, 0.3) is 0 Å². The first-order chi connectivity index (χ1) is 8.83. The number of hydrogen-bond acceptors (Lipinski definition) is 3. The Bertz CT molecular complexity index is 355. The van der Waals surface area contributed by atoms with E-state index in [9.17, 15) is 9.90 Å². The first-order valence-corrected chi connectivity index (χ1v) is 12.9. The summed E-state index contributed by atoms with van der Waals surface area (Å²) in [5.41, 5.74) is 0.339. The molecule has 2 saturated carbocycles. The summed E-state index contributed by atoms with van der Waals surface area (Å²) in [4.78, 5) is 13.9. The van der Waals surface area contributed by atoms with Crippen molar-refractivity contribution < 1.29 is 14.6 Å². The fourth-order valence-electron chi connectivity index (χ4n) is 4.27. The Hall–Kier alpha value is 0.220. The summed E-state index contributed by atoms with van der Waals surface area (Å²) in [6.07, 6.45) is 3.24. The van der Waals surface area contributed by atoms with Crippen LogP contribution in [0.2, 0.25) is 13.9 Å². The molecule has 2 bridgehead atoms. The van der Waals surface area contributed by atoms with Crippen molar-refractivity contribution in [3.05, 3.63) is 0 Å². The molecule has 3 unspecified atom stereocenters. The summed E-state index contributed by atoms with van der Waals surface area (Å²) in [5, 5.41) is 10.5. The summed E-state index contributed by atoms with van der Waals surface area (Å²) in [6.45, 7) is 7.00. The summed E-state index contributed by atoms with van der Waals surface area (Å²) in [6, 6.07) is 0. The molecule has 0 aliphatic heterocycles. The van der Waals surface area contributed by atoms with Crippen LogP contribution in [0, 0.1) is 16.7 Å². The Kier molecular flexibility index (Phi) is 4.55. The van der Waals surface area contributed by atoms with Gasteiger partial charge in [0.1, 0.15) is 0 Å². The molecule has 19 heavy (non-hydrogen) atoms.